The summed E-state index contributed by atoms with van der Waals surface area (Å²) >= 11 is 0. The largest absolute Gasteiger partial charge is 0.301 e. The first-order valence-electron chi connectivity index (χ1n) is 9.37. The molecule has 0 saturated carbocycles. The van der Waals surface area contributed by atoms with Crippen molar-refractivity contribution in [2.75, 3.05) is 52.4 Å². The zero-order valence-corrected chi connectivity index (χ0v) is 15.3. The van der Waals surface area contributed by atoms with Crippen molar-refractivity contribution in [1.29, 1.82) is 0 Å². The van der Waals surface area contributed by atoms with Crippen molar-refractivity contribution in [3.05, 3.63) is 0 Å². The molecule has 2 aliphatic heterocycles. The van der Waals surface area contributed by atoms with Gasteiger partial charge in [0.2, 0.25) is 0 Å². The van der Waals surface area contributed by atoms with Gasteiger partial charge in [-0.2, -0.15) is 0 Å². The summed E-state index contributed by atoms with van der Waals surface area (Å²) in [5.41, 5.74) is 0. The zero-order chi connectivity index (χ0) is 15.7. The minimum atomic E-state index is 0.735. The molecule has 0 aromatic heterocycles. The highest BCUT2D eigenvalue weighted by Crippen LogP contribution is 2.20. The quantitative estimate of drug-likeness (QED) is 0.772. The molecule has 0 aromatic carbocycles. The van der Waals surface area contributed by atoms with Crippen molar-refractivity contribution < 1.29 is 0 Å². The van der Waals surface area contributed by atoms with Crippen molar-refractivity contribution in [3.63, 3.8) is 0 Å². The summed E-state index contributed by atoms with van der Waals surface area (Å²) in [4.78, 5) is 7.97. The number of piperazine rings is 1. The highest BCUT2D eigenvalue weighted by molar-refractivity contribution is 4.79. The van der Waals surface area contributed by atoms with Gasteiger partial charge in [-0.1, -0.05) is 20.8 Å². The highest BCUT2D eigenvalue weighted by Gasteiger charge is 2.24. The summed E-state index contributed by atoms with van der Waals surface area (Å²) in [7, 11) is 0. The second kappa shape index (κ2) is 10.6. The molecule has 2 saturated heterocycles. The van der Waals surface area contributed by atoms with Crippen LogP contribution in [0.15, 0.2) is 0 Å². The third kappa shape index (κ3) is 6.66. The Morgan fingerprint density at radius 3 is 1.86 bits per heavy atom. The van der Waals surface area contributed by atoms with Gasteiger partial charge >= 0.3 is 0 Å². The highest BCUT2D eigenvalue weighted by atomic mass is 15.3. The van der Waals surface area contributed by atoms with Gasteiger partial charge in [-0.3, -0.25) is 0 Å². The maximum Gasteiger partial charge on any atom is 0.0110 e. The van der Waals surface area contributed by atoms with Gasteiger partial charge in [-0.15, -0.1) is 0 Å². The average Bonchev–Trinajstić information content (AvgIpc) is 2.52. The summed E-state index contributed by atoms with van der Waals surface area (Å²) in [6.07, 6.45) is 4.12. The molecular formula is C18H39N3. The fourth-order valence-electron chi connectivity index (χ4n) is 3.53. The summed E-state index contributed by atoms with van der Waals surface area (Å²) in [6, 6.07) is 0.735. The van der Waals surface area contributed by atoms with Gasteiger partial charge in [0, 0.05) is 38.8 Å². The van der Waals surface area contributed by atoms with Gasteiger partial charge in [0.1, 0.15) is 0 Å². The molecule has 126 valence electrons. The van der Waals surface area contributed by atoms with E-state index in [1.54, 1.807) is 0 Å². The molecule has 2 rings (SSSR count). The van der Waals surface area contributed by atoms with Crippen molar-refractivity contribution in [2.45, 2.75) is 59.9 Å². The molecule has 0 atom stereocenters. The SMILES string of the molecule is CC.CCCN1CCN(CC2CCN(C(C)C)CC2)CC1. The van der Waals surface area contributed by atoms with E-state index >= 15 is 0 Å². The van der Waals surface area contributed by atoms with E-state index in [1.807, 2.05) is 13.8 Å². The molecule has 3 heteroatoms. The Kier molecular flexibility index (Phi) is 9.54. The van der Waals surface area contributed by atoms with E-state index in [1.165, 1.54) is 71.6 Å². The number of hydrogen-bond acceptors (Lipinski definition) is 3. The standard InChI is InChI=1S/C16H33N3.C2H6/c1-4-7-17-10-12-18(13-11-17)14-16-5-8-19(9-6-16)15(2)3;1-2/h15-16H,4-14H2,1-3H3;1-2H3. The lowest BCUT2D eigenvalue weighted by Crippen LogP contribution is -2.49. The molecule has 2 heterocycles. The van der Waals surface area contributed by atoms with Crippen molar-refractivity contribution in [3.8, 4) is 0 Å². The van der Waals surface area contributed by atoms with E-state index in [2.05, 4.69) is 35.5 Å². The van der Waals surface area contributed by atoms with Gasteiger partial charge in [0.15, 0.2) is 0 Å². The summed E-state index contributed by atoms with van der Waals surface area (Å²) < 4.78 is 0. The fourth-order valence-corrected chi connectivity index (χ4v) is 3.53. The second-order valence-corrected chi connectivity index (χ2v) is 6.72. The molecule has 0 bridgehead atoms. The Labute approximate surface area is 133 Å². The Balaban J connectivity index is 0.00000106. The smallest absolute Gasteiger partial charge is 0.0110 e. The molecule has 2 fully saturated rings. The average molecular weight is 298 g/mol. The Bertz CT molecular complexity index is 239. The van der Waals surface area contributed by atoms with E-state index < -0.39 is 0 Å². The number of hydrogen-bond donors (Lipinski definition) is 0. The van der Waals surface area contributed by atoms with Crippen LogP contribution in [0.5, 0.6) is 0 Å². The Hall–Kier alpha value is -0.120. The Morgan fingerprint density at radius 2 is 1.38 bits per heavy atom. The van der Waals surface area contributed by atoms with Crippen molar-refractivity contribution in [2.24, 2.45) is 5.92 Å². The van der Waals surface area contributed by atoms with Crippen LogP contribution in [0, 0.1) is 5.92 Å². The third-order valence-electron chi connectivity index (χ3n) is 4.90. The molecular weight excluding hydrogens is 258 g/mol. The first-order valence-corrected chi connectivity index (χ1v) is 9.37. The fraction of sp³-hybridized carbons (Fsp3) is 1.00. The summed E-state index contributed by atoms with van der Waals surface area (Å²) in [5, 5.41) is 0. The molecule has 3 nitrogen and oxygen atoms in total. The molecule has 0 radical (unpaired) electrons. The second-order valence-electron chi connectivity index (χ2n) is 6.72. The van der Waals surface area contributed by atoms with Crippen LogP contribution < -0.4 is 0 Å². The third-order valence-corrected chi connectivity index (χ3v) is 4.90. The van der Waals surface area contributed by atoms with Crippen LogP contribution in [-0.4, -0.2) is 73.1 Å². The normalized spacial score (nSPS) is 23.1. The topological polar surface area (TPSA) is 9.72 Å². The van der Waals surface area contributed by atoms with Crippen molar-refractivity contribution >= 4 is 0 Å². The van der Waals surface area contributed by atoms with Crippen LogP contribution in [0.2, 0.25) is 0 Å². The lowest BCUT2D eigenvalue weighted by Gasteiger charge is -2.39. The zero-order valence-electron chi connectivity index (χ0n) is 15.3. The first kappa shape index (κ1) is 18.9. The van der Waals surface area contributed by atoms with E-state index in [0.717, 1.165) is 12.0 Å². The predicted octanol–water partition coefficient (Wildman–Crippen LogP) is 3.16. The van der Waals surface area contributed by atoms with E-state index in [9.17, 15) is 0 Å². The number of piperidine rings is 1. The predicted molar refractivity (Wildman–Crippen MR) is 94.0 cm³/mol. The lowest BCUT2D eigenvalue weighted by atomic mass is 9.95. The molecule has 2 aliphatic rings. The minimum Gasteiger partial charge on any atom is -0.301 e. The lowest BCUT2D eigenvalue weighted by molar-refractivity contribution is 0.0875. The van der Waals surface area contributed by atoms with Crippen LogP contribution in [0.3, 0.4) is 0 Å². The van der Waals surface area contributed by atoms with Crippen LogP contribution in [0.25, 0.3) is 0 Å². The molecule has 0 unspecified atom stereocenters. The maximum atomic E-state index is 2.71. The number of likely N-dealkylation sites (tertiary alicyclic amines) is 1. The van der Waals surface area contributed by atoms with E-state index in [4.69, 9.17) is 0 Å². The van der Waals surface area contributed by atoms with Crippen LogP contribution >= 0.6 is 0 Å². The van der Waals surface area contributed by atoms with Crippen LogP contribution in [-0.2, 0) is 0 Å². The Morgan fingerprint density at radius 1 is 0.857 bits per heavy atom. The molecule has 0 spiro atoms. The van der Waals surface area contributed by atoms with Crippen molar-refractivity contribution in [1.82, 2.24) is 14.7 Å². The first-order chi connectivity index (χ1) is 10.2. The van der Waals surface area contributed by atoms with Crippen LogP contribution in [0.4, 0.5) is 0 Å². The molecule has 0 amide bonds. The monoisotopic (exact) mass is 297 g/mol. The molecule has 21 heavy (non-hydrogen) atoms. The van der Waals surface area contributed by atoms with Gasteiger partial charge in [0.25, 0.3) is 0 Å². The van der Waals surface area contributed by atoms with Gasteiger partial charge < -0.3 is 14.7 Å². The summed E-state index contributed by atoms with van der Waals surface area (Å²) in [5.74, 6) is 0.952. The maximum absolute atomic E-state index is 2.71. The molecule has 0 aliphatic carbocycles. The number of rotatable bonds is 5. The van der Waals surface area contributed by atoms with Gasteiger partial charge in [-0.25, -0.2) is 0 Å². The number of nitrogens with zero attached hydrogens (tertiary/aromatic N) is 3. The minimum absolute atomic E-state index is 0.735. The van der Waals surface area contributed by atoms with E-state index in [0.29, 0.717) is 0 Å². The summed E-state index contributed by atoms with van der Waals surface area (Å²) in [6.45, 7) is 21.4. The van der Waals surface area contributed by atoms with Gasteiger partial charge in [0.05, 0.1) is 0 Å². The van der Waals surface area contributed by atoms with E-state index in [-0.39, 0.29) is 0 Å². The molecule has 0 aromatic rings. The molecule has 0 N–H and O–H groups in total. The van der Waals surface area contributed by atoms with Crippen LogP contribution in [0.1, 0.15) is 53.9 Å². The van der Waals surface area contributed by atoms with Gasteiger partial charge in [-0.05, 0) is 58.7 Å².